The lowest BCUT2D eigenvalue weighted by Crippen LogP contribution is -2.41. The highest BCUT2D eigenvalue weighted by Crippen LogP contribution is 2.49. The highest BCUT2D eigenvalue weighted by atomic mass is 16.6. The van der Waals surface area contributed by atoms with Crippen LogP contribution >= 0.6 is 0 Å². The quantitative estimate of drug-likeness (QED) is 0.609. The summed E-state index contributed by atoms with van der Waals surface area (Å²) in [5.41, 5.74) is -0.482. The van der Waals surface area contributed by atoms with Gasteiger partial charge in [-0.25, -0.2) is 4.79 Å². The van der Waals surface area contributed by atoms with Gasteiger partial charge in [0, 0.05) is 6.54 Å². The van der Waals surface area contributed by atoms with Crippen molar-refractivity contribution < 1.29 is 9.53 Å². The minimum absolute atomic E-state index is 0.259. The number of likely N-dealkylation sites (tertiary alicyclic amines) is 1. The molecule has 0 radical (unpaired) electrons. The fourth-order valence-corrected chi connectivity index (χ4v) is 2.14. The predicted octanol–water partition coefficient (Wildman–Crippen LogP) is 1.77. The van der Waals surface area contributed by atoms with Crippen LogP contribution in [0.5, 0.6) is 0 Å². The Morgan fingerprint density at radius 1 is 1.53 bits per heavy atom. The number of carbonyl (C=O) groups is 1. The number of piperidine rings is 1. The van der Waals surface area contributed by atoms with Gasteiger partial charge < -0.3 is 4.74 Å². The molecular formula is C11H16N2O2. The molecule has 82 valence electrons. The summed E-state index contributed by atoms with van der Waals surface area (Å²) < 4.78 is 5.26. The Labute approximate surface area is 89.8 Å². The Bertz CT molecular complexity index is 326. The molecule has 0 N–H and O–H groups in total. The van der Waals surface area contributed by atoms with Crippen LogP contribution in [0.4, 0.5) is 4.79 Å². The second-order valence-corrected chi connectivity index (χ2v) is 5.37. The highest BCUT2D eigenvalue weighted by molar-refractivity contribution is 5.70. The fourth-order valence-electron chi connectivity index (χ4n) is 2.14. The van der Waals surface area contributed by atoms with Gasteiger partial charge in [0.1, 0.15) is 11.6 Å². The van der Waals surface area contributed by atoms with Gasteiger partial charge in [0.15, 0.2) is 0 Å². The maximum atomic E-state index is 11.7. The van der Waals surface area contributed by atoms with E-state index < -0.39 is 5.60 Å². The number of hydrogen-bond acceptors (Lipinski definition) is 3. The van der Waals surface area contributed by atoms with Gasteiger partial charge in [0.05, 0.1) is 6.07 Å². The number of rotatable bonds is 0. The molecule has 1 saturated heterocycles. The van der Waals surface area contributed by atoms with Crippen molar-refractivity contribution in [3.63, 3.8) is 0 Å². The van der Waals surface area contributed by atoms with Crippen LogP contribution in [0.15, 0.2) is 0 Å². The average molecular weight is 208 g/mol. The molecule has 1 heterocycles. The van der Waals surface area contributed by atoms with Crippen LogP contribution in [-0.2, 0) is 4.74 Å². The number of hydrogen-bond donors (Lipinski definition) is 0. The van der Waals surface area contributed by atoms with Gasteiger partial charge in [0.25, 0.3) is 0 Å². The Balaban J connectivity index is 2.00. The molecule has 0 bridgehead atoms. The van der Waals surface area contributed by atoms with Crippen molar-refractivity contribution in [3.8, 4) is 6.07 Å². The summed E-state index contributed by atoms with van der Waals surface area (Å²) >= 11 is 0. The van der Waals surface area contributed by atoms with E-state index in [2.05, 4.69) is 6.07 Å². The van der Waals surface area contributed by atoms with E-state index in [1.807, 2.05) is 20.8 Å². The predicted molar refractivity (Wildman–Crippen MR) is 53.9 cm³/mol. The molecule has 0 aromatic rings. The Hall–Kier alpha value is -1.24. The monoisotopic (exact) mass is 208 g/mol. The summed E-state index contributed by atoms with van der Waals surface area (Å²) in [6.45, 7) is 6.20. The number of nitrogens with zero attached hydrogens (tertiary/aromatic N) is 2. The summed E-state index contributed by atoms with van der Waals surface area (Å²) in [6.07, 6.45) is 0.749. The van der Waals surface area contributed by atoms with Gasteiger partial charge in [-0.1, -0.05) is 0 Å². The van der Waals surface area contributed by atoms with Gasteiger partial charge in [-0.15, -0.1) is 0 Å². The normalized spacial score (nSPS) is 33.2. The first-order valence-corrected chi connectivity index (χ1v) is 5.31. The molecule has 0 aromatic carbocycles. The summed E-state index contributed by atoms with van der Waals surface area (Å²) in [6, 6.07) is 1.94. The molecule has 0 spiro atoms. The highest BCUT2D eigenvalue weighted by Gasteiger charge is 2.55. The molecule has 2 rings (SSSR count). The van der Waals surface area contributed by atoms with Gasteiger partial charge in [0.2, 0.25) is 0 Å². The second-order valence-electron chi connectivity index (χ2n) is 5.37. The van der Waals surface area contributed by atoms with Crippen LogP contribution in [0, 0.1) is 23.2 Å². The van der Waals surface area contributed by atoms with Crippen molar-refractivity contribution in [1.29, 1.82) is 5.26 Å². The van der Waals surface area contributed by atoms with Gasteiger partial charge in [-0.05, 0) is 39.0 Å². The third-order valence-electron chi connectivity index (χ3n) is 2.91. The van der Waals surface area contributed by atoms with Crippen molar-refractivity contribution in [2.24, 2.45) is 11.8 Å². The molecule has 1 amide bonds. The largest absolute Gasteiger partial charge is 0.444 e. The maximum Gasteiger partial charge on any atom is 0.411 e. The lowest BCUT2D eigenvalue weighted by atomic mass is 10.2. The molecule has 4 nitrogen and oxygen atoms in total. The summed E-state index contributed by atoms with van der Waals surface area (Å²) in [5.74, 6) is 0.949. The van der Waals surface area contributed by atoms with E-state index in [4.69, 9.17) is 10.00 Å². The average Bonchev–Trinajstić information content (AvgIpc) is 2.75. The number of nitriles is 1. The van der Waals surface area contributed by atoms with Crippen molar-refractivity contribution in [2.75, 3.05) is 6.54 Å². The van der Waals surface area contributed by atoms with Gasteiger partial charge in [-0.2, -0.15) is 5.26 Å². The van der Waals surface area contributed by atoms with E-state index in [9.17, 15) is 4.79 Å². The van der Waals surface area contributed by atoms with Crippen LogP contribution in [-0.4, -0.2) is 29.2 Å². The van der Waals surface area contributed by atoms with Gasteiger partial charge >= 0.3 is 6.09 Å². The van der Waals surface area contributed by atoms with Crippen LogP contribution in [0.1, 0.15) is 27.2 Å². The Morgan fingerprint density at radius 2 is 2.20 bits per heavy atom. The van der Waals surface area contributed by atoms with Crippen LogP contribution in [0.25, 0.3) is 0 Å². The first kappa shape index (κ1) is 10.3. The zero-order valence-electron chi connectivity index (χ0n) is 9.36. The first-order chi connectivity index (χ1) is 6.92. The standard InChI is InChI=1S/C11H16N2O2/c1-11(2,3)15-10(14)13-6-7-4-8(7)9(13)5-12/h7-9H,4,6H2,1-3H3. The molecule has 2 fully saturated rings. The molecule has 1 aliphatic carbocycles. The minimum atomic E-state index is -0.482. The summed E-state index contributed by atoms with van der Waals surface area (Å²) in [5, 5.41) is 8.98. The maximum absolute atomic E-state index is 11.7. The number of fused-ring (bicyclic) bond motifs is 1. The molecular weight excluding hydrogens is 192 g/mol. The van der Waals surface area contributed by atoms with E-state index in [1.165, 1.54) is 0 Å². The molecule has 3 atom stereocenters. The number of amides is 1. The van der Waals surface area contributed by atoms with Gasteiger partial charge in [-0.3, -0.25) is 4.90 Å². The number of ether oxygens (including phenoxy) is 1. The molecule has 1 saturated carbocycles. The zero-order valence-corrected chi connectivity index (χ0v) is 9.36. The summed E-state index contributed by atoms with van der Waals surface area (Å²) in [7, 11) is 0. The van der Waals surface area contributed by atoms with Crippen LogP contribution in [0.2, 0.25) is 0 Å². The van der Waals surface area contributed by atoms with Crippen molar-refractivity contribution in [1.82, 2.24) is 4.90 Å². The molecule has 4 heteroatoms. The van der Waals surface area contributed by atoms with Crippen LogP contribution in [0.3, 0.4) is 0 Å². The fraction of sp³-hybridized carbons (Fsp3) is 0.818. The molecule has 1 aliphatic heterocycles. The van der Waals surface area contributed by atoms with Crippen molar-refractivity contribution >= 4 is 6.09 Å². The second kappa shape index (κ2) is 3.13. The molecule has 2 aliphatic rings. The van der Waals surface area contributed by atoms with E-state index >= 15 is 0 Å². The minimum Gasteiger partial charge on any atom is -0.444 e. The van der Waals surface area contributed by atoms with Crippen molar-refractivity contribution in [2.45, 2.75) is 38.8 Å². The Kier molecular flexibility index (Phi) is 2.14. The SMILES string of the molecule is CC(C)(C)OC(=O)N1CC2CC2C1C#N. The molecule has 15 heavy (non-hydrogen) atoms. The van der Waals surface area contributed by atoms with Crippen molar-refractivity contribution in [3.05, 3.63) is 0 Å². The molecule has 3 unspecified atom stereocenters. The Morgan fingerprint density at radius 3 is 2.73 bits per heavy atom. The van der Waals surface area contributed by atoms with E-state index in [-0.39, 0.29) is 12.1 Å². The number of carbonyl (C=O) groups excluding carboxylic acids is 1. The van der Waals surface area contributed by atoms with E-state index in [1.54, 1.807) is 4.90 Å². The molecule has 0 aromatic heterocycles. The lowest BCUT2D eigenvalue weighted by Gasteiger charge is -2.27. The topological polar surface area (TPSA) is 53.3 Å². The first-order valence-electron chi connectivity index (χ1n) is 5.31. The van der Waals surface area contributed by atoms with E-state index in [0.717, 1.165) is 6.42 Å². The third kappa shape index (κ3) is 1.92. The van der Waals surface area contributed by atoms with E-state index in [0.29, 0.717) is 18.4 Å². The zero-order chi connectivity index (χ0) is 11.2. The lowest BCUT2D eigenvalue weighted by molar-refractivity contribution is 0.0233. The third-order valence-corrected chi connectivity index (χ3v) is 2.91. The van der Waals surface area contributed by atoms with Crippen LogP contribution < -0.4 is 0 Å². The smallest absolute Gasteiger partial charge is 0.411 e. The summed E-state index contributed by atoms with van der Waals surface area (Å²) in [4.78, 5) is 13.3.